The molecule has 0 saturated heterocycles. The van der Waals surface area contributed by atoms with Crippen LogP contribution in [0.5, 0.6) is 0 Å². The van der Waals surface area contributed by atoms with Gasteiger partial charge in [0.05, 0.1) is 5.56 Å². The molecule has 0 N–H and O–H groups in total. The van der Waals surface area contributed by atoms with Gasteiger partial charge in [-0.2, -0.15) is 0 Å². The lowest BCUT2D eigenvalue weighted by Crippen LogP contribution is -2.24. The van der Waals surface area contributed by atoms with Crippen molar-refractivity contribution < 1.29 is 9.53 Å². The summed E-state index contributed by atoms with van der Waals surface area (Å²) in [5.41, 5.74) is 1.16. The van der Waals surface area contributed by atoms with Gasteiger partial charge in [-0.15, -0.1) is 11.8 Å². The molecule has 0 heterocycles. The number of ether oxygens (including phenoxy) is 1. The van der Waals surface area contributed by atoms with E-state index in [1.165, 1.54) is 0 Å². The Bertz CT molecular complexity index is 391. The molecule has 0 atom stereocenters. The van der Waals surface area contributed by atoms with Gasteiger partial charge in [0, 0.05) is 4.90 Å². The van der Waals surface area contributed by atoms with Crippen LogP contribution in [-0.2, 0) is 4.74 Å². The summed E-state index contributed by atoms with van der Waals surface area (Å²) >= 11 is 1.62. The lowest BCUT2D eigenvalue weighted by atomic mass is 10.1. The lowest BCUT2D eigenvalue weighted by Gasteiger charge is -2.20. The largest absolute Gasteiger partial charge is 0.456 e. The second kappa shape index (κ2) is 4.91. The predicted molar refractivity (Wildman–Crippen MR) is 68.1 cm³/mol. The average molecular weight is 238 g/mol. The fraction of sp³-hybridized carbons (Fsp3) is 0.462. The van der Waals surface area contributed by atoms with Crippen molar-refractivity contribution in [3.63, 3.8) is 0 Å². The van der Waals surface area contributed by atoms with Crippen molar-refractivity contribution >= 4 is 17.7 Å². The minimum atomic E-state index is -0.446. The SMILES string of the molecule is CSc1ccc(C)c(C(=O)OC(C)(C)C)c1. The predicted octanol–water partition coefficient (Wildman–Crippen LogP) is 3.67. The summed E-state index contributed by atoms with van der Waals surface area (Å²) in [6.45, 7) is 7.54. The molecular weight excluding hydrogens is 220 g/mol. The molecule has 0 unspecified atom stereocenters. The Balaban J connectivity index is 2.98. The van der Waals surface area contributed by atoms with E-state index in [4.69, 9.17) is 4.74 Å². The van der Waals surface area contributed by atoms with Gasteiger partial charge >= 0.3 is 5.97 Å². The standard InChI is InChI=1S/C13H18O2S/c1-9-6-7-10(16-5)8-11(9)12(14)15-13(2,3)4/h6-8H,1-5H3. The first-order valence-electron chi connectivity index (χ1n) is 5.21. The van der Waals surface area contributed by atoms with E-state index in [0.29, 0.717) is 5.56 Å². The van der Waals surface area contributed by atoms with Gasteiger partial charge in [-0.25, -0.2) is 4.79 Å². The summed E-state index contributed by atoms with van der Waals surface area (Å²) in [5.74, 6) is -0.249. The first kappa shape index (κ1) is 13.1. The van der Waals surface area contributed by atoms with Gasteiger partial charge in [-0.3, -0.25) is 0 Å². The zero-order valence-electron chi connectivity index (χ0n) is 10.5. The van der Waals surface area contributed by atoms with E-state index in [1.807, 2.05) is 52.1 Å². The maximum atomic E-state index is 11.9. The number of carbonyl (C=O) groups excluding carboxylic acids is 1. The van der Waals surface area contributed by atoms with Crippen molar-refractivity contribution in [2.75, 3.05) is 6.26 Å². The Labute approximate surface area is 101 Å². The van der Waals surface area contributed by atoms with Gasteiger partial charge in [0.1, 0.15) is 5.60 Å². The van der Waals surface area contributed by atoms with Gasteiger partial charge in [0.15, 0.2) is 0 Å². The molecule has 0 radical (unpaired) electrons. The van der Waals surface area contributed by atoms with E-state index in [9.17, 15) is 4.79 Å². The van der Waals surface area contributed by atoms with Crippen molar-refractivity contribution in [2.45, 2.75) is 38.2 Å². The third kappa shape index (κ3) is 3.56. The Morgan fingerprint density at radius 1 is 1.31 bits per heavy atom. The number of aryl methyl sites for hydroxylation is 1. The number of hydrogen-bond acceptors (Lipinski definition) is 3. The zero-order valence-corrected chi connectivity index (χ0v) is 11.3. The highest BCUT2D eigenvalue weighted by Gasteiger charge is 2.19. The molecule has 0 amide bonds. The summed E-state index contributed by atoms with van der Waals surface area (Å²) in [7, 11) is 0. The quantitative estimate of drug-likeness (QED) is 0.581. The molecule has 0 bridgehead atoms. The maximum Gasteiger partial charge on any atom is 0.338 e. The fourth-order valence-corrected chi connectivity index (χ4v) is 1.72. The van der Waals surface area contributed by atoms with Crippen LogP contribution >= 0.6 is 11.8 Å². The average Bonchev–Trinajstić information content (AvgIpc) is 2.15. The highest BCUT2D eigenvalue weighted by atomic mass is 32.2. The van der Waals surface area contributed by atoms with Crippen LogP contribution in [0.1, 0.15) is 36.7 Å². The van der Waals surface area contributed by atoms with E-state index in [-0.39, 0.29) is 5.97 Å². The monoisotopic (exact) mass is 238 g/mol. The second-order valence-electron chi connectivity index (χ2n) is 4.68. The molecule has 16 heavy (non-hydrogen) atoms. The molecular formula is C13H18O2S. The molecule has 3 heteroatoms. The molecule has 0 saturated carbocycles. The van der Waals surface area contributed by atoms with E-state index in [2.05, 4.69) is 0 Å². The van der Waals surface area contributed by atoms with E-state index < -0.39 is 5.60 Å². The Hall–Kier alpha value is -0.960. The minimum absolute atomic E-state index is 0.249. The summed E-state index contributed by atoms with van der Waals surface area (Å²) in [6.07, 6.45) is 1.99. The zero-order chi connectivity index (χ0) is 12.3. The van der Waals surface area contributed by atoms with Crippen molar-refractivity contribution in [3.05, 3.63) is 29.3 Å². The molecule has 0 aromatic heterocycles. The van der Waals surface area contributed by atoms with Crippen molar-refractivity contribution in [2.24, 2.45) is 0 Å². The molecule has 1 aromatic carbocycles. The number of hydrogen-bond donors (Lipinski definition) is 0. The van der Waals surface area contributed by atoms with Crippen LogP contribution in [0.4, 0.5) is 0 Å². The fourth-order valence-electron chi connectivity index (χ4n) is 1.28. The maximum absolute atomic E-state index is 11.9. The van der Waals surface area contributed by atoms with Crippen molar-refractivity contribution in [1.82, 2.24) is 0 Å². The van der Waals surface area contributed by atoms with Crippen LogP contribution in [0.25, 0.3) is 0 Å². The number of benzene rings is 1. The molecule has 0 fully saturated rings. The molecule has 0 aliphatic heterocycles. The van der Waals surface area contributed by atoms with E-state index >= 15 is 0 Å². The van der Waals surface area contributed by atoms with Gasteiger partial charge in [-0.1, -0.05) is 6.07 Å². The van der Waals surface area contributed by atoms with Crippen LogP contribution in [0, 0.1) is 6.92 Å². The summed E-state index contributed by atoms with van der Waals surface area (Å²) in [4.78, 5) is 13.0. The third-order valence-electron chi connectivity index (χ3n) is 2.06. The molecule has 0 aliphatic carbocycles. The molecule has 0 aliphatic rings. The van der Waals surface area contributed by atoms with Crippen LogP contribution in [0.15, 0.2) is 23.1 Å². The topological polar surface area (TPSA) is 26.3 Å². The molecule has 88 valence electrons. The van der Waals surface area contributed by atoms with Gasteiger partial charge in [0.2, 0.25) is 0 Å². The van der Waals surface area contributed by atoms with Gasteiger partial charge in [0.25, 0.3) is 0 Å². The molecule has 1 aromatic rings. The second-order valence-corrected chi connectivity index (χ2v) is 5.56. The highest BCUT2D eigenvalue weighted by molar-refractivity contribution is 7.98. The highest BCUT2D eigenvalue weighted by Crippen LogP contribution is 2.21. The summed E-state index contributed by atoms with van der Waals surface area (Å²) in [5, 5.41) is 0. The van der Waals surface area contributed by atoms with Crippen LogP contribution in [-0.4, -0.2) is 17.8 Å². The van der Waals surface area contributed by atoms with Crippen molar-refractivity contribution in [1.29, 1.82) is 0 Å². The number of rotatable bonds is 2. The lowest BCUT2D eigenvalue weighted by molar-refractivity contribution is 0.00685. The molecule has 2 nitrogen and oxygen atoms in total. The molecule has 0 spiro atoms. The van der Waals surface area contributed by atoms with E-state index in [1.54, 1.807) is 11.8 Å². The van der Waals surface area contributed by atoms with Gasteiger partial charge < -0.3 is 4.74 Å². The summed E-state index contributed by atoms with van der Waals surface area (Å²) in [6, 6.07) is 5.84. The van der Waals surface area contributed by atoms with Crippen LogP contribution in [0.2, 0.25) is 0 Å². The van der Waals surface area contributed by atoms with Crippen LogP contribution in [0.3, 0.4) is 0 Å². The van der Waals surface area contributed by atoms with E-state index in [0.717, 1.165) is 10.5 Å². The van der Waals surface area contributed by atoms with Crippen molar-refractivity contribution in [3.8, 4) is 0 Å². The first-order chi connectivity index (χ1) is 7.33. The Morgan fingerprint density at radius 2 is 1.94 bits per heavy atom. The normalized spacial score (nSPS) is 11.3. The molecule has 1 rings (SSSR count). The smallest absolute Gasteiger partial charge is 0.338 e. The Kier molecular flexibility index (Phi) is 4.03. The number of carbonyl (C=O) groups is 1. The third-order valence-corrected chi connectivity index (χ3v) is 2.79. The summed E-state index contributed by atoms with van der Waals surface area (Å²) < 4.78 is 5.36. The van der Waals surface area contributed by atoms with Crippen LogP contribution < -0.4 is 0 Å². The first-order valence-corrected chi connectivity index (χ1v) is 6.44. The number of thioether (sulfide) groups is 1. The number of esters is 1. The Morgan fingerprint density at radius 3 is 2.44 bits per heavy atom. The minimum Gasteiger partial charge on any atom is -0.456 e. The van der Waals surface area contributed by atoms with Gasteiger partial charge in [-0.05, 0) is 51.6 Å².